The molecule has 1 radical (unpaired) electrons. The number of pyridine rings is 1. The predicted molar refractivity (Wildman–Crippen MR) is 59.0 cm³/mol. The van der Waals surface area contributed by atoms with Crippen LogP contribution in [0, 0.1) is 6.07 Å². The second kappa shape index (κ2) is 5.07. The largest absolute Gasteiger partial charge is 0.381 e. The first kappa shape index (κ1) is 11.1. The van der Waals surface area contributed by atoms with Crippen LogP contribution in [0.3, 0.4) is 0 Å². The molecule has 1 aliphatic heterocycles. The van der Waals surface area contributed by atoms with Crippen LogP contribution in [0.2, 0.25) is 0 Å². The van der Waals surface area contributed by atoms with Gasteiger partial charge in [-0.25, -0.2) is 0 Å². The Morgan fingerprint density at radius 1 is 1.56 bits per heavy atom. The van der Waals surface area contributed by atoms with E-state index in [1.807, 2.05) is 4.90 Å². The minimum absolute atomic E-state index is 0.00329. The van der Waals surface area contributed by atoms with Crippen LogP contribution in [0.5, 0.6) is 0 Å². The Morgan fingerprint density at radius 3 is 2.88 bits per heavy atom. The van der Waals surface area contributed by atoms with Crippen LogP contribution in [0.15, 0.2) is 18.3 Å². The van der Waals surface area contributed by atoms with Gasteiger partial charge in [-0.15, -0.1) is 0 Å². The molecule has 2 heterocycles. The Labute approximate surface area is 95.2 Å². The first-order valence-corrected chi connectivity index (χ1v) is 5.45. The molecular formula is C12H15N2O2. The number of rotatable bonds is 2. The molecular weight excluding hydrogens is 204 g/mol. The maximum absolute atomic E-state index is 12.0. The molecule has 16 heavy (non-hydrogen) atoms. The molecule has 0 aromatic carbocycles. The summed E-state index contributed by atoms with van der Waals surface area (Å²) in [4.78, 5) is 17.8. The van der Waals surface area contributed by atoms with Crippen molar-refractivity contribution in [2.24, 2.45) is 0 Å². The summed E-state index contributed by atoms with van der Waals surface area (Å²) in [5, 5.41) is 0. The van der Waals surface area contributed by atoms with Gasteiger partial charge in [0.2, 0.25) is 0 Å². The third kappa shape index (κ3) is 2.39. The van der Waals surface area contributed by atoms with E-state index < -0.39 is 0 Å². The third-order valence-electron chi connectivity index (χ3n) is 2.90. The fraction of sp³-hybridized carbons (Fsp3) is 0.500. The average Bonchev–Trinajstić information content (AvgIpc) is 2.39. The number of amides is 1. The van der Waals surface area contributed by atoms with E-state index >= 15 is 0 Å². The number of hydrogen-bond donors (Lipinski definition) is 0. The van der Waals surface area contributed by atoms with Crippen LogP contribution in [0.25, 0.3) is 0 Å². The molecule has 0 spiro atoms. The number of methoxy groups -OCH3 is 1. The zero-order valence-electron chi connectivity index (χ0n) is 9.35. The van der Waals surface area contributed by atoms with E-state index in [0.717, 1.165) is 25.9 Å². The summed E-state index contributed by atoms with van der Waals surface area (Å²) >= 11 is 0. The summed E-state index contributed by atoms with van der Waals surface area (Å²) in [7, 11) is 1.72. The van der Waals surface area contributed by atoms with Gasteiger partial charge in [0.25, 0.3) is 5.91 Å². The van der Waals surface area contributed by atoms with Crippen molar-refractivity contribution < 1.29 is 9.53 Å². The van der Waals surface area contributed by atoms with E-state index in [9.17, 15) is 4.79 Å². The minimum Gasteiger partial charge on any atom is -0.381 e. The topological polar surface area (TPSA) is 42.4 Å². The van der Waals surface area contributed by atoms with Gasteiger partial charge < -0.3 is 9.64 Å². The van der Waals surface area contributed by atoms with E-state index in [-0.39, 0.29) is 5.91 Å². The van der Waals surface area contributed by atoms with Crippen molar-refractivity contribution >= 4 is 5.91 Å². The molecule has 1 aliphatic rings. The van der Waals surface area contributed by atoms with Crippen molar-refractivity contribution in [1.82, 2.24) is 9.88 Å². The number of carbonyl (C=O) groups is 1. The lowest BCUT2D eigenvalue weighted by Gasteiger charge is -2.30. The van der Waals surface area contributed by atoms with Crippen molar-refractivity contribution in [3.8, 4) is 0 Å². The molecule has 0 N–H and O–H groups in total. The zero-order valence-corrected chi connectivity index (χ0v) is 9.35. The molecule has 0 saturated carbocycles. The molecule has 0 aliphatic carbocycles. The molecule has 4 nitrogen and oxygen atoms in total. The standard InChI is InChI=1S/C12H15N2O2/c1-16-10-5-8-14(9-6-10)12(15)11-4-2-3-7-13-11/h2,4,7,10H,5-6,8-9H2,1H3. The van der Waals surface area contributed by atoms with E-state index in [2.05, 4.69) is 11.1 Å². The molecule has 2 rings (SSSR count). The van der Waals surface area contributed by atoms with Crippen molar-refractivity contribution in [1.29, 1.82) is 0 Å². The van der Waals surface area contributed by atoms with Crippen molar-refractivity contribution in [3.63, 3.8) is 0 Å². The molecule has 4 heteroatoms. The highest BCUT2D eigenvalue weighted by atomic mass is 16.5. The van der Waals surface area contributed by atoms with Crippen LogP contribution >= 0.6 is 0 Å². The van der Waals surface area contributed by atoms with E-state index in [4.69, 9.17) is 4.74 Å². The number of carbonyl (C=O) groups excluding carboxylic acids is 1. The number of ether oxygens (including phenoxy) is 1. The molecule has 1 aromatic rings. The molecule has 1 amide bonds. The van der Waals surface area contributed by atoms with Crippen LogP contribution in [0.1, 0.15) is 23.3 Å². The van der Waals surface area contributed by atoms with Gasteiger partial charge in [0.15, 0.2) is 0 Å². The molecule has 0 atom stereocenters. The second-order valence-electron chi connectivity index (χ2n) is 3.87. The van der Waals surface area contributed by atoms with Crippen LogP contribution in [-0.4, -0.2) is 42.1 Å². The predicted octanol–water partition coefficient (Wildman–Crippen LogP) is 1.13. The minimum atomic E-state index is 0.00329. The highest BCUT2D eigenvalue weighted by molar-refractivity contribution is 5.92. The van der Waals surface area contributed by atoms with Gasteiger partial charge in [-0.2, -0.15) is 0 Å². The fourth-order valence-corrected chi connectivity index (χ4v) is 1.90. The smallest absolute Gasteiger partial charge is 0.272 e. The highest BCUT2D eigenvalue weighted by Crippen LogP contribution is 2.14. The summed E-state index contributed by atoms with van der Waals surface area (Å²) in [6, 6.07) is 6.21. The SMILES string of the molecule is COC1CCN(C(=O)c2cc[c]cn2)CC1. The van der Waals surface area contributed by atoms with Crippen molar-refractivity contribution in [2.45, 2.75) is 18.9 Å². The number of hydrogen-bond acceptors (Lipinski definition) is 3. The molecule has 1 saturated heterocycles. The van der Waals surface area contributed by atoms with Crippen LogP contribution in [-0.2, 0) is 4.74 Å². The Balaban J connectivity index is 1.97. The second-order valence-corrected chi connectivity index (χ2v) is 3.87. The first-order chi connectivity index (χ1) is 7.81. The maximum Gasteiger partial charge on any atom is 0.272 e. The van der Waals surface area contributed by atoms with E-state index in [0.29, 0.717) is 11.8 Å². The molecule has 1 fully saturated rings. The molecule has 1 aromatic heterocycles. The summed E-state index contributed by atoms with van der Waals surface area (Å²) in [5.74, 6) is 0.00329. The first-order valence-electron chi connectivity index (χ1n) is 5.45. The Morgan fingerprint density at radius 2 is 2.31 bits per heavy atom. The molecule has 85 valence electrons. The van der Waals surface area contributed by atoms with Gasteiger partial charge in [0, 0.05) is 32.5 Å². The third-order valence-corrected chi connectivity index (χ3v) is 2.90. The summed E-state index contributed by atoms with van der Waals surface area (Å²) < 4.78 is 5.27. The van der Waals surface area contributed by atoms with Gasteiger partial charge in [-0.3, -0.25) is 9.78 Å². The maximum atomic E-state index is 12.0. The van der Waals surface area contributed by atoms with Crippen LogP contribution < -0.4 is 0 Å². The van der Waals surface area contributed by atoms with Gasteiger partial charge >= 0.3 is 0 Å². The average molecular weight is 219 g/mol. The van der Waals surface area contributed by atoms with E-state index in [1.165, 1.54) is 6.20 Å². The van der Waals surface area contributed by atoms with Gasteiger partial charge in [0.05, 0.1) is 6.10 Å². The Hall–Kier alpha value is -1.42. The van der Waals surface area contributed by atoms with Gasteiger partial charge in [0.1, 0.15) is 5.69 Å². The summed E-state index contributed by atoms with van der Waals surface area (Å²) in [6.45, 7) is 1.50. The number of aromatic nitrogens is 1. The number of nitrogens with zero attached hydrogens (tertiary/aromatic N) is 2. The van der Waals surface area contributed by atoms with Crippen LogP contribution in [0.4, 0.5) is 0 Å². The van der Waals surface area contributed by atoms with Crippen molar-refractivity contribution in [3.05, 3.63) is 30.1 Å². The van der Waals surface area contributed by atoms with Gasteiger partial charge in [-0.1, -0.05) is 6.07 Å². The lowest BCUT2D eigenvalue weighted by Crippen LogP contribution is -2.40. The van der Waals surface area contributed by atoms with Crippen molar-refractivity contribution in [2.75, 3.05) is 20.2 Å². The lowest BCUT2D eigenvalue weighted by atomic mass is 10.1. The Bertz CT molecular complexity index is 345. The van der Waals surface area contributed by atoms with Gasteiger partial charge in [-0.05, 0) is 18.9 Å². The zero-order chi connectivity index (χ0) is 11.4. The summed E-state index contributed by atoms with van der Waals surface area (Å²) in [5.41, 5.74) is 0.495. The fourth-order valence-electron chi connectivity index (χ4n) is 1.90. The quantitative estimate of drug-likeness (QED) is 0.749. The molecule has 0 bridgehead atoms. The number of likely N-dealkylation sites (tertiary alicyclic amines) is 1. The monoisotopic (exact) mass is 219 g/mol. The number of piperidine rings is 1. The normalized spacial score (nSPS) is 17.4. The lowest BCUT2D eigenvalue weighted by molar-refractivity contribution is 0.0347. The molecule has 0 unspecified atom stereocenters. The Kier molecular flexibility index (Phi) is 3.51. The summed E-state index contributed by atoms with van der Waals surface area (Å²) in [6.07, 6.45) is 3.62. The highest BCUT2D eigenvalue weighted by Gasteiger charge is 2.23. The van der Waals surface area contributed by atoms with E-state index in [1.54, 1.807) is 19.2 Å².